The summed E-state index contributed by atoms with van der Waals surface area (Å²) in [4.78, 5) is 4.39. The third-order valence-corrected chi connectivity index (χ3v) is 2.94. The van der Waals surface area contributed by atoms with Crippen molar-refractivity contribution in [3.05, 3.63) is 30.5 Å². The van der Waals surface area contributed by atoms with E-state index >= 15 is 0 Å². The van der Waals surface area contributed by atoms with E-state index in [0.717, 1.165) is 22.3 Å². The summed E-state index contributed by atoms with van der Waals surface area (Å²) in [6, 6.07) is 7.98. The van der Waals surface area contributed by atoms with Crippen molar-refractivity contribution in [2.45, 2.75) is 0 Å². The van der Waals surface area contributed by atoms with Crippen LogP contribution in [0.15, 0.2) is 30.5 Å². The molecule has 0 radical (unpaired) electrons. The minimum atomic E-state index is 0.517. The van der Waals surface area contributed by atoms with Gasteiger partial charge in [0.25, 0.3) is 0 Å². The van der Waals surface area contributed by atoms with Gasteiger partial charge in [-0.25, -0.2) is 4.98 Å². The second-order valence-electron chi connectivity index (χ2n) is 4.08. The molecule has 2 heterocycles. The van der Waals surface area contributed by atoms with E-state index in [-0.39, 0.29) is 0 Å². The Bertz CT molecular complexity index is 692. The van der Waals surface area contributed by atoms with E-state index in [2.05, 4.69) is 10.1 Å². The fourth-order valence-electron chi connectivity index (χ4n) is 2.00. The van der Waals surface area contributed by atoms with Crippen molar-refractivity contribution in [1.29, 1.82) is 0 Å². The number of fused-ring (bicyclic) bond motifs is 1. The lowest BCUT2D eigenvalue weighted by Gasteiger charge is -1.99. The molecule has 0 saturated heterocycles. The number of nitrogens with two attached hydrogens (primary N) is 1. The molecule has 0 aliphatic rings. The molecule has 0 spiro atoms. The molecule has 86 valence electrons. The standard InChI is InChI=1S/C12H13N5/c1-16-7-6-9(15-16)8-4-3-5-10-11(8)14-12(13)17(10)2/h3-7H,1-2H3,(H2,13,14). The Kier molecular flexibility index (Phi) is 1.95. The van der Waals surface area contributed by atoms with Crippen LogP contribution in [-0.2, 0) is 14.1 Å². The lowest BCUT2D eigenvalue weighted by Crippen LogP contribution is -1.95. The van der Waals surface area contributed by atoms with Crippen molar-refractivity contribution in [3.8, 4) is 11.3 Å². The lowest BCUT2D eigenvalue weighted by molar-refractivity contribution is 0.771. The lowest BCUT2D eigenvalue weighted by atomic mass is 10.1. The highest BCUT2D eigenvalue weighted by atomic mass is 15.2. The summed E-state index contributed by atoms with van der Waals surface area (Å²) < 4.78 is 3.65. The van der Waals surface area contributed by atoms with Crippen molar-refractivity contribution in [3.63, 3.8) is 0 Å². The largest absolute Gasteiger partial charge is 0.369 e. The average Bonchev–Trinajstić information content (AvgIpc) is 2.85. The molecule has 0 aliphatic carbocycles. The Morgan fingerprint density at radius 2 is 2.00 bits per heavy atom. The van der Waals surface area contributed by atoms with E-state index < -0.39 is 0 Å². The molecule has 2 N–H and O–H groups in total. The van der Waals surface area contributed by atoms with Gasteiger partial charge in [-0.15, -0.1) is 0 Å². The molecule has 0 bridgehead atoms. The van der Waals surface area contributed by atoms with Crippen molar-refractivity contribution in [1.82, 2.24) is 19.3 Å². The van der Waals surface area contributed by atoms with Crippen LogP contribution in [-0.4, -0.2) is 19.3 Å². The van der Waals surface area contributed by atoms with Gasteiger partial charge < -0.3 is 10.3 Å². The number of hydrogen-bond donors (Lipinski definition) is 1. The molecule has 0 unspecified atom stereocenters. The van der Waals surface area contributed by atoms with E-state index in [4.69, 9.17) is 5.73 Å². The highest BCUT2D eigenvalue weighted by Gasteiger charge is 2.11. The maximum Gasteiger partial charge on any atom is 0.200 e. The number of anilines is 1. The van der Waals surface area contributed by atoms with Crippen LogP contribution in [0.2, 0.25) is 0 Å². The van der Waals surface area contributed by atoms with Crippen molar-refractivity contribution in [2.24, 2.45) is 14.1 Å². The van der Waals surface area contributed by atoms with Crippen molar-refractivity contribution >= 4 is 17.0 Å². The van der Waals surface area contributed by atoms with Gasteiger partial charge in [0.15, 0.2) is 0 Å². The molecule has 0 fully saturated rings. The second-order valence-corrected chi connectivity index (χ2v) is 4.08. The highest BCUT2D eigenvalue weighted by molar-refractivity contribution is 5.92. The van der Waals surface area contributed by atoms with E-state index in [9.17, 15) is 0 Å². The van der Waals surface area contributed by atoms with E-state index in [1.165, 1.54) is 0 Å². The first-order valence-corrected chi connectivity index (χ1v) is 5.38. The number of hydrogen-bond acceptors (Lipinski definition) is 3. The SMILES string of the molecule is Cn1ccc(-c2cccc3c2nc(N)n3C)n1. The van der Waals surface area contributed by atoms with Crippen molar-refractivity contribution in [2.75, 3.05) is 5.73 Å². The molecule has 3 aromatic rings. The predicted molar refractivity (Wildman–Crippen MR) is 67.3 cm³/mol. The molecule has 1 aromatic carbocycles. The number of rotatable bonds is 1. The zero-order valence-corrected chi connectivity index (χ0v) is 9.75. The summed E-state index contributed by atoms with van der Waals surface area (Å²) in [5, 5.41) is 4.40. The first-order chi connectivity index (χ1) is 8.16. The summed E-state index contributed by atoms with van der Waals surface area (Å²) in [7, 11) is 3.81. The minimum Gasteiger partial charge on any atom is -0.369 e. The Morgan fingerprint density at radius 1 is 1.18 bits per heavy atom. The van der Waals surface area contributed by atoms with Gasteiger partial charge in [-0.1, -0.05) is 12.1 Å². The van der Waals surface area contributed by atoms with Crippen LogP contribution in [0, 0.1) is 0 Å². The monoisotopic (exact) mass is 227 g/mol. The molecule has 5 nitrogen and oxygen atoms in total. The zero-order valence-electron chi connectivity index (χ0n) is 9.75. The molecule has 0 amide bonds. The minimum absolute atomic E-state index is 0.517. The van der Waals surface area contributed by atoms with Gasteiger partial charge in [-0.05, 0) is 12.1 Å². The topological polar surface area (TPSA) is 61.7 Å². The number of nitrogen functional groups attached to an aromatic ring is 1. The first kappa shape index (κ1) is 9.89. The zero-order chi connectivity index (χ0) is 12.0. The number of benzene rings is 1. The number of nitrogens with zero attached hydrogens (tertiary/aromatic N) is 4. The van der Waals surface area contributed by atoms with Crippen LogP contribution in [0.5, 0.6) is 0 Å². The molecule has 0 aliphatic heterocycles. The second kappa shape index (κ2) is 3.35. The number of aryl methyl sites for hydroxylation is 2. The van der Waals surface area contributed by atoms with Crippen molar-refractivity contribution < 1.29 is 0 Å². The van der Waals surface area contributed by atoms with Crippen LogP contribution in [0.4, 0.5) is 5.95 Å². The summed E-state index contributed by atoms with van der Waals surface area (Å²) >= 11 is 0. The number of imidazole rings is 1. The average molecular weight is 227 g/mol. The molecule has 17 heavy (non-hydrogen) atoms. The maximum atomic E-state index is 5.83. The Morgan fingerprint density at radius 3 is 2.71 bits per heavy atom. The Labute approximate surface area is 98.5 Å². The highest BCUT2D eigenvalue weighted by Crippen LogP contribution is 2.27. The third kappa shape index (κ3) is 1.39. The molecule has 0 atom stereocenters. The Balaban J connectivity index is 2.33. The normalized spacial score (nSPS) is 11.2. The van der Waals surface area contributed by atoms with Gasteiger partial charge in [0.1, 0.15) is 5.52 Å². The summed E-state index contributed by atoms with van der Waals surface area (Å²) in [5.74, 6) is 0.517. The smallest absolute Gasteiger partial charge is 0.200 e. The van der Waals surface area contributed by atoms with Gasteiger partial charge in [0.2, 0.25) is 5.95 Å². The van der Waals surface area contributed by atoms with Gasteiger partial charge in [-0.3, -0.25) is 4.68 Å². The predicted octanol–water partition coefficient (Wildman–Crippen LogP) is 1.56. The fraction of sp³-hybridized carbons (Fsp3) is 0.167. The quantitative estimate of drug-likeness (QED) is 0.686. The van der Waals surface area contributed by atoms with E-state index in [1.807, 2.05) is 49.1 Å². The molecule has 0 saturated carbocycles. The van der Waals surface area contributed by atoms with Crippen LogP contribution in [0.25, 0.3) is 22.3 Å². The molecular formula is C12H13N5. The van der Waals surface area contributed by atoms with Crippen LogP contribution in [0.1, 0.15) is 0 Å². The van der Waals surface area contributed by atoms with Gasteiger partial charge in [0.05, 0.1) is 11.2 Å². The third-order valence-electron chi connectivity index (χ3n) is 2.94. The van der Waals surface area contributed by atoms with Crippen LogP contribution in [0.3, 0.4) is 0 Å². The Hall–Kier alpha value is -2.30. The summed E-state index contributed by atoms with van der Waals surface area (Å²) in [6.07, 6.45) is 1.92. The van der Waals surface area contributed by atoms with E-state index in [1.54, 1.807) is 4.68 Å². The number of aromatic nitrogens is 4. The molecule has 3 rings (SSSR count). The van der Waals surface area contributed by atoms with Gasteiger partial charge >= 0.3 is 0 Å². The van der Waals surface area contributed by atoms with Gasteiger partial charge in [-0.2, -0.15) is 5.10 Å². The van der Waals surface area contributed by atoms with Gasteiger partial charge in [0, 0.05) is 25.9 Å². The first-order valence-electron chi connectivity index (χ1n) is 5.38. The number of para-hydroxylation sites is 1. The molecular weight excluding hydrogens is 214 g/mol. The summed E-state index contributed by atoms with van der Waals surface area (Å²) in [6.45, 7) is 0. The maximum absolute atomic E-state index is 5.83. The summed E-state index contributed by atoms with van der Waals surface area (Å²) in [5.41, 5.74) is 9.67. The fourth-order valence-corrected chi connectivity index (χ4v) is 2.00. The molecule has 2 aromatic heterocycles. The van der Waals surface area contributed by atoms with Crippen LogP contribution < -0.4 is 5.73 Å². The van der Waals surface area contributed by atoms with Crippen LogP contribution >= 0.6 is 0 Å². The molecule has 5 heteroatoms. The van der Waals surface area contributed by atoms with E-state index in [0.29, 0.717) is 5.95 Å².